The number of aliphatic hydroxyl groups is 2. The fourth-order valence-corrected chi connectivity index (χ4v) is 2.12. The zero-order valence-corrected chi connectivity index (χ0v) is 14.9. The molecule has 0 heterocycles. The van der Waals surface area contributed by atoms with Gasteiger partial charge >= 0.3 is 5.97 Å². The molecule has 5 heteroatoms. The summed E-state index contributed by atoms with van der Waals surface area (Å²) in [5, 5.41) is 19.5. The first-order valence-corrected chi connectivity index (χ1v) is 8.62. The molecule has 2 unspecified atom stereocenters. The van der Waals surface area contributed by atoms with E-state index in [1.165, 1.54) is 12.1 Å². The molecular weight excluding hydrogens is 335 g/mol. The van der Waals surface area contributed by atoms with Crippen molar-refractivity contribution in [2.75, 3.05) is 6.61 Å². The van der Waals surface area contributed by atoms with Crippen molar-refractivity contribution < 1.29 is 24.1 Å². The van der Waals surface area contributed by atoms with Gasteiger partial charge in [-0.1, -0.05) is 42.2 Å². The second-order valence-electron chi connectivity index (χ2n) is 5.64. The average Bonchev–Trinajstić information content (AvgIpc) is 2.60. The number of carbonyl (C=O) groups is 1. The predicted molar refractivity (Wildman–Crippen MR) is 98.7 cm³/mol. The van der Waals surface area contributed by atoms with Gasteiger partial charge < -0.3 is 14.9 Å². The highest BCUT2D eigenvalue weighted by Crippen LogP contribution is 2.06. The first kappa shape index (κ1) is 21.6. The molecule has 1 aromatic carbocycles. The molecule has 0 aromatic heterocycles. The summed E-state index contributed by atoms with van der Waals surface area (Å²) in [6.45, 7) is 2.11. The van der Waals surface area contributed by atoms with E-state index >= 15 is 0 Å². The molecule has 26 heavy (non-hydrogen) atoms. The Hall–Kier alpha value is -2.42. The van der Waals surface area contributed by atoms with Crippen molar-refractivity contribution in [2.24, 2.45) is 0 Å². The van der Waals surface area contributed by atoms with Crippen LogP contribution in [0.15, 0.2) is 48.6 Å². The maximum atomic E-state index is 12.8. The Labute approximate surface area is 154 Å². The van der Waals surface area contributed by atoms with Crippen LogP contribution < -0.4 is 0 Å². The molecule has 0 radical (unpaired) electrons. The highest BCUT2D eigenvalue weighted by molar-refractivity contribution is 5.69. The number of halogens is 1. The van der Waals surface area contributed by atoms with Gasteiger partial charge in [0.2, 0.25) is 0 Å². The van der Waals surface area contributed by atoms with E-state index in [1.807, 2.05) is 0 Å². The number of aliphatic hydroxyl groups excluding tert-OH is 2. The molecule has 2 atom stereocenters. The van der Waals surface area contributed by atoms with E-state index < -0.39 is 12.2 Å². The highest BCUT2D eigenvalue weighted by Gasteiger charge is 2.04. The standard InChI is InChI=1S/C21H25FO4/c1-2-26-21(25)11-7-10-19(23)8-5-3-4-6-9-20(24)16-17-12-14-18(22)15-13-17/h3-4,6,9,12-15,19-20,23-24H,2,7,10-11,16H2,1H3/b4-3+,9-6+. The highest BCUT2D eigenvalue weighted by atomic mass is 19.1. The third-order valence-corrected chi connectivity index (χ3v) is 3.40. The van der Waals surface area contributed by atoms with Gasteiger partial charge in [-0.25, -0.2) is 4.39 Å². The van der Waals surface area contributed by atoms with Crippen LogP contribution in [0.2, 0.25) is 0 Å². The third kappa shape index (κ3) is 10.4. The summed E-state index contributed by atoms with van der Waals surface area (Å²) in [5.74, 6) is 4.79. The largest absolute Gasteiger partial charge is 0.466 e. The quantitative estimate of drug-likeness (QED) is 0.404. The lowest BCUT2D eigenvalue weighted by molar-refractivity contribution is -0.143. The Morgan fingerprint density at radius 1 is 1.27 bits per heavy atom. The SMILES string of the molecule is CCOC(=O)CCCC(O)C#C/C=C/C=C/C(O)Cc1ccc(F)cc1. The second kappa shape index (κ2) is 12.9. The Bertz CT molecular complexity index is 653. The minimum absolute atomic E-state index is 0.267. The lowest BCUT2D eigenvalue weighted by Crippen LogP contribution is -2.07. The number of esters is 1. The van der Waals surface area contributed by atoms with Gasteiger partial charge in [0.1, 0.15) is 11.9 Å². The molecule has 0 aliphatic carbocycles. The van der Waals surface area contributed by atoms with Gasteiger partial charge in [0.25, 0.3) is 0 Å². The molecule has 2 N–H and O–H groups in total. The summed E-state index contributed by atoms with van der Waals surface area (Å²) in [6, 6.07) is 5.99. The Balaban J connectivity index is 2.26. The number of allylic oxidation sites excluding steroid dienone is 3. The first-order valence-electron chi connectivity index (χ1n) is 8.62. The minimum atomic E-state index is -0.790. The van der Waals surface area contributed by atoms with Crippen LogP contribution >= 0.6 is 0 Å². The monoisotopic (exact) mass is 360 g/mol. The van der Waals surface area contributed by atoms with E-state index in [0.717, 1.165) is 5.56 Å². The van der Waals surface area contributed by atoms with E-state index in [4.69, 9.17) is 4.74 Å². The van der Waals surface area contributed by atoms with Crippen LogP contribution in [0.5, 0.6) is 0 Å². The molecule has 4 nitrogen and oxygen atoms in total. The van der Waals surface area contributed by atoms with Crippen LogP contribution in [0.1, 0.15) is 31.7 Å². The average molecular weight is 360 g/mol. The molecule has 0 fully saturated rings. The van der Waals surface area contributed by atoms with E-state index in [0.29, 0.717) is 25.9 Å². The van der Waals surface area contributed by atoms with Crippen molar-refractivity contribution in [2.45, 2.75) is 44.8 Å². The molecule has 0 aliphatic rings. The zero-order valence-electron chi connectivity index (χ0n) is 14.9. The number of benzene rings is 1. The summed E-state index contributed by atoms with van der Waals surface area (Å²) in [7, 11) is 0. The van der Waals surface area contributed by atoms with E-state index in [1.54, 1.807) is 43.4 Å². The van der Waals surface area contributed by atoms with Gasteiger partial charge in [0.15, 0.2) is 0 Å². The van der Waals surface area contributed by atoms with Crippen molar-refractivity contribution in [3.63, 3.8) is 0 Å². The first-order chi connectivity index (χ1) is 12.5. The molecule has 0 saturated carbocycles. The molecule has 0 spiro atoms. The zero-order chi connectivity index (χ0) is 19.2. The van der Waals surface area contributed by atoms with Crippen molar-refractivity contribution in [1.82, 2.24) is 0 Å². The summed E-state index contributed by atoms with van der Waals surface area (Å²) in [6.07, 6.45) is 6.63. The minimum Gasteiger partial charge on any atom is -0.466 e. The second-order valence-corrected chi connectivity index (χ2v) is 5.64. The van der Waals surface area contributed by atoms with Gasteiger partial charge in [-0.2, -0.15) is 0 Å². The normalized spacial score (nSPS) is 13.4. The number of ether oxygens (including phenoxy) is 1. The van der Waals surface area contributed by atoms with Crippen LogP contribution in [0.3, 0.4) is 0 Å². The van der Waals surface area contributed by atoms with Gasteiger partial charge in [0, 0.05) is 12.8 Å². The van der Waals surface area contributed by atoms with Crippen LogP contribution in [0.4, 0.5) is 4.39 Å². The molecule has 0 bridgehead atoms. The molecule has 0 saturated heterocycles. The van der Waals surface area contributed by atoms with Crippen LogP contribution in [-0.2, 0) is 16.0 Å². The molecule has 1 aromatic rings. The predicted octanol–water partition coefficient (Wildman–Crippen LogP) is 2.94. The Morgan fingerprint density at radius 2 is 2.00 bits per heavy atom. The maximum absolute atomic E-state index is 12.8. The Morgan fingerprint density at radius 3 is 2.69 bits per heavy atom. The van der Waals surface area contributed by atoms with Crippen LogP contribution in [0.25, 0.3) is 0 Å². The number of hydrogen-bond donors (Lipinski definition) is 2. The lowest BCUT2D eigenvalue weighted by Gasteiger charge is -2.04. The molecule has 1 rings (SSSR count). The van der Waals surface area contributed by atoms with Crippen molar-refractivity contribution in [3.8, 4) is 11.8 Å². The third-order valence-electron chi connectivity index (χ3n) is 3.40. The molecular formula is C21H25FO4. The fraction of sp³-hybridized carbons (Fsp3) is 0.381. The molecule has 140 valence electrons. The van der Waals surface area contributed by atoms with Crippen molar-refractivity contribution in [1.29, 1.82) is 0 Å². The maximum Gasteiger partial charge on any atom is 0.305 e. The summed E-state index contributed by atoms with van der Waals surface area (Å²) < 4.78 is 17.6. The van der Waals surface area contributed by atoms with E-state index in [2.05, 4.69) is 11.8 Å². The van der Waals surface area contributed by atoms with Gasteiger partial charge in [-0.3, -0.25) is 4.79 Å². The van der Waals surface area contributed by atoms with Crippen LogP contribution in [-0.4, -0.2) is 35.0 Å². The van der Waals surface area contributed by atoms with Crippen molar-refractivity contribution in [3.05, 3.63) is 60.0 Å². The fourth-order valence-electron chi connectivity index (χ4n) is 2.12. The van der Waals surface area contributed by atoms with E-state index in [-0.39, 0.29) is 18.2 Å². The smallest absolute Gasteiger partial charge is 0.305 e. The topological polar surface area (TPSA) is 66.8 Å². The number of hydrogen-bond acceptors (Lipinski definition) is 4. The Kier molecular flexibility index (Phi) is 10.7. The summed E-state index contributed by atoms with van der Waals surface area (Å²) in [4.78, 5) is 11.1. The van der Waals surface area contributed by atoms with E-state index in [9.17, 15) is 19.4 Å². The van der Waals surface area contributed by atoms with Gasteiger partial charge in [0.05, 0.1) is 12.7 Å². The van der Waals surface area contributed by atoms with Crippen molar-refractivity contribution >= 4 is 5.97 Å². The molecule has 0 amide bonds. The number of rotatable bonds is 9. The number of carbonyl (C=O) groups excluding carboxylic acids is 1. The lowest BCUT2D eigenvalue weighted by atomic mass is 10.1. The van der Waals surface area contributed by atoms with Crippen LogP contribution in [0, 0.1) is 17.7 Å². The van der Waals surface area contributed by atoms with Gasteiger partial charge in [-0.15, -0.1) is 0 Å². The molecule has 0 aliphatic heterocycles. The van der Waals surface area contributed by atoms with Gasteiger partial charge in [-0.05, 0) is 43.5 Å². The summed E-state index contributed by atoms with van der Waals surface area (Å²) in [5.41, 5.74) is 0.846. The summed E-state index contributed by atoms with van der Waals surface area (Å²) >= 11 is 0.